The Balaban J connectivity index is 2.19. The number of piperidine rings is 1. The molecular weight excluding hydrogens is 262 g/mol. The minimum atomic E-state index is 0.344. The van der Waals surface area contributed by atoms with Crippen LogP contribution in [0.15, 0.2) is 6.07 Å². The molecule has 0 amide bonds. The highest BCUT2D eigenvalue weighted by Gasteiger charge is 2.24. The quantitative estimate of drug-likeness (QED) is 0.778. The fourth-order valence-electron chi connectivity index (χ4n) is 2.36. The summed E-state index contributed by atoms with van der Waals surface area (Å²) in [6, 6.07) is 2.23. The van der Waals surface area contributed by atoms with Gasteiger partial charge in [-0.2, -0.15) is 4.98 Å². The third-order valence-corrected chi connectivity index (χ3v) is 3.69. The highest BCUT2D eigenvalue weighted by atomic mass is 35.5. The number of alkyl halides is 1. The molecule has 1 unspecified atom stereocenters. The van der Waals surface area contributed by atoms with E-state index in [2.05, 4.69) is 21.8 Å². The van der Waals surface area contributed by atoms with Crippen LogP contribution in [0.5, 0.6) is 5.88 Å². The van der Waals surface area contributed by atoms with Gasteiger partial charge in [0.1, 0.15) is 0 Å². The average molecular weight is 284 g/mol. The molecule has 0 saturated carbocycles. The lowest BCUT2D eigenvalue weighted by molar-refractivity contribution is 0.304. The van der Waals surface area contributed by atoms with Gasteiger partial charge in [-0.3, -0.25) is 0 Å². The second kappa shape index (κ2) is 6.94. The first-order valence-electron chi connectivity index (χ1n) is 7.05. The number of halogens is 1. The molecule has 0 bridgehead atoms. The van der Waals surface area contributed by atoms with Crippen LogP contribution in [0, 0.1) is 6.92 Å². The summed E-state index contributed by atoms with van der Waals surface area (Å²) >= 11 is 6.06. The van der Waals surface area contributed by atoms with Gasteiger partial charge in [0.15, 0.2) is 0 Å². The van der Waals surface area contributed by atoms with Crippen molar-refractivity contribution >= 4 is 17.5 Å². The topological polar surface area (TPSA) is 38.2 Å². The van der Waals surface area contributed by atoms with Crippen LogP contribution in [0.1, 0.15) is 38.3 Å². The fraction of sp³-hybridized carbons (Fsp3) is 0.714. The summed E-state index contributed by atoms with van der Waals surface area (Å²) in [5.74, 6) is 2.06. The monoisotopic (exact) mass is 283 g/mol. The molecule has 0 aliphatic carbocycles. The molecular formula is C14H22ClN3O. The SMILES string of the molecule is CCCOc1cc(C)nc(N2CCCCC2CCl)n1. The zero-order valence-electron chi connectivity index (χ0n) is 11.7. The number of anilines is 1. The fourth-order valence-corrected chi connectivity index (χ4v) is 2.68. The van der Waals surface area contributed by atoms with Gasteiger partial charge >= 0.3 is 0 Å². The number of ether oxygens (including phenoxy) is 1. The van der Waals surface area contributed by atoms with E-state index in [9.17, 15) is 0 Å². The number of hydrogen-bond acceptors (Lipinski definition) is 4. The van der Waals surface area contributed by atoms with E-state index < -0.39 is 0 Å². The van der Waals surface area contributed by atoms with Crippen LogP contribution in [-0.4, -0.2) is 35.0 Å². The minimum absolute atomic E-state index is 0.344. The number of aryl methyl sites for hydroxylation is 1. The van der Waals surface area contributed by atoms with Gasteiger partial charge in [-0.05, 0) is 32.6 Å². The van der Waals surface area contributed by atoms with Crippen LogP contribution in [0.2, 0.25) is 0 Å². The maximum atomic E-state index is 6.06. The van der Waals surface area contributed by atoms with Crippen LogP contribution in [0.3, 0.4) is 0 Å². The van der Waals surface area contributed by atoms with Gasteiger partial charge in [0, 0.05) is 30.2 Å². The molecule has 2 rings (SSSR count). The van der Waals surface area contributed by atoms with Crippen molar-refractivity contribution in [2.24, 2.45) is 0 Å². The molecule has 0 spiro atoms. The van der Waals surface area contributed by atoms with Crippen LogP contribution in [0.25, 0.3) is 0 Å². The summed E-state index contributed by atoms with van der Waals surface area (Å²) in [5.41, 5.74) is 0.940. The Morgan fingerprint density at radius 3 is 3.00 bits per heavy atom. The molecule has 1 aromatic rings. The standard InChI is InChI=1S/C14H22ClN3O/c1-3-8-19-13-9-11(2)16-14(17-13)18-7-5-4-6-12(18)10-15/h9,12H,3-8,10H2,1-2H3. The van der Waals surface area contributed by atoms with Crippen LogP contribution in [0.4, 0.5) is 5.95 Å². The van der Waals surface area contributed by atoms with Gasteiger partial charge in [0.2, 0.25) is 11.8 Å². The van der Waals surface area contributed by atoms with Crippen LogP contribution < -0.4 is 9.64 Å². The second-order valence-electron chi connectivity index (χ2n) is 4.99. The van der Waals surface area contributed by atoms with Crippen molar-refractivity contribution in [1.82, 2.24) is 9.97 Å². The van der Waals surface area contributed by atoms with Crippen molar-refractivity contribution in [3.8, 4) is 5.88 Å². The van der Waals surface area contributed by atoms with Gasteiger partial charge in [0.25, 0.3) is 0 Å². The number of aromatic nitrogens is 2. The number of nitrogens with zero attached hydrogens (tertiary/aromatic N) is 3. The Bertz CT molecular complexity index is 414. The lowest BCUT2D eigenvalue weighted by Gasteiger charge is -2.34. The summed E-state index contributed by atoms with van der Waals surface area (Å²) in [7, 11) is 0. The third-order valence-electron chi connectivity index (χ3n) is 3.34. The number of rotatable bonds is 5. The maximum absolute atomic E-state index is 6.06. The lowest BCUT2D eigenvalue weighted by atomic mass is 10.0. The van der Waals surface area contributed by atoms with E-state index in [1.807, 2.05) is 13.0 Å². The normalized spacial score (nSPS) is 19.5. The summed E-state index contributed by atoms with van der Waals surface area (Å²) in [6.07, 6.45) is 4.51. The largest absolute Gasteiger partial charge is 0.478 e. The molecule has 4 nitrogen and oxygen atoms in total. The smallest absolute Gasteiger partial charge is 0.229 e. The van der Waals surface area contributed by atoms with Crippen LogP contribution in [-0.2, 0) is 0 Å². The van der Waals surface area contributed by atoms with Gasteiger partial charge in [-0.25, -0.2) is 4.98 Å². The molecule has 2 heterocycles. The maximum Gasteiger partial charge on any atom is 0.229 e. The molecule has 1 fully saturated rings. The van der Waals surface area contributed by atoms with Gasteiger partial charge < -0.3 is 9.64 Å². The van der Waals surface area contributed by atoms with Gasteiger partial charge in [-0.15, -0.1) is 11.6 Å². The van der Waals surface area contributed by atoms with Crippen molar-refractivity contribution in [3.63, 3.8) is 0 Å². The Morgan fingerprint density at radius 2 is 2.26 bits per heavy atom. The first-order valence-corrected chi connectivity index (χ1v) is 7.59. The Hall–Kier alpha value is -1.03. The van der Waals surface area contributed by atoms with E-state index in [1.54, 1.807) is 0 Å². The van der Waals surface area contributed by atoms with Crippen LogP contribution >= 0.6 is 11.6 Å². The summed E-state index contributed by atoms with van der Waals surface area (Å²) < 4.78 is 5.63. The van der Waals surface area contributed by atoms with Crippen molar-refractivity contribution < 1.29 is 4.74 Å². The Kier molecular flexibility index (Phi) is 5.25. The van der Waals surface area contributed by atoms with Gasteiger partial charge in [0.05, 0.1) is 6.61 Å². The predicted octanol–water partition coefficient (Wildman–Crippen LogP) is 3.17. The molecule has 5 heteroatoms. The van der Waals surface area contributed by atoms with E-state index in [0.29, 0.717) is 24.4 Å². The first-order chi connectivity index (χ1) is 9.24. The van der Waals surface area contributed by atoms with Crippen molar-refractivity contribution in [1.29, 1.82) is 0 Å². The highest BCUT2D eigenvalue weighted by molar-refractivity contribution is 6.18. The molecule has 1 aliphatic rings. The minimum Gasteiger partial charge on any atom is -0.478 e. The number of hydrogen-bond donors (Lipinski definition) is 0. The Morgan fingerprint density at radius 1 is 1.42 bits per heavy atom. The molecule has 0 N–H and O–H groups in total. The van der Waals surface area contributed by atoms with Crippen molar-refractivity contribution in [2.75, 3.05) is 23.9 Å². The molecule has 19 heavy (non-hydrogen) atoms. The van der Waals surface area contributed by atoms with E-state index in [-0.39, 0.29) is 0 Å². The van der Waals surface area contributed by atoms with Crippen molar-refractivity contribution in [3.05, 3.63) is 11.8 Å². The molecule has 0 aromatic carbocycles. The summed E-state index contributed by atoms with van der Waals surface area (Å²) in [5, 5.41) is 0. The summed E-state index contributed by atoms with van der Waals surface area (Å²) in [6.45, 7) is 5.73. The molecule has 1 aromatic heterocycles. The summed E-state index contributed by atoms with van der Waals surface area (Å²) in [4.78, 5) is 11.3. The molecule has 1 aliphatic heterocycles. The second-order valence-corrected chi connectivity index (χ2v) is 5.30. The van der Waals surface area contributed by atoms with E-state index >= 15 is 0 Å². The zero-order chi connectivity index (χ0) is 13.7. The zero-order valence-corrected chi connectivity index (χ0v) is 12.5. The van der Waals surface area contributed by atoms with Gasteiger partial charge in [-0.1, -0.05) is 6.92 Å². The van der Waals surface area contributed by atoms with E-state index in [4.69, 9.17) is 16.3 Å². The molecule has 1 atom stereocenters. The first kappa shape index (κ1) is 14.4. The Labute approximate surface area is 120 Å². The van der Waals surface area contributed by atoms with Crippen molar-refractivity contribution in [2.45, 2.75) is 45.6 Å². The average Bonchev–Trinajstić information content (AvgIpc) is 2.44. The lowest BCUT2D eigenvalue weighted by Crippen LogP contribution is -2.41. The molecule has 106 valence electrons. The van der Waals surface area contributed by atoms with E-state index in [1.165, 1.54) is 12.8 Å². The third kappa shape index (κ3) is 3.72. The van der Waals surface area contributed by atoms with E-state index in [0.717, 1.165) is 31.0 Å². The molecule has 1 saturated heterocycles. The predicted molar refractivity (Wildman–Crippen MR) is 78.3 cm³/mol. The molecule has 0 radical (unpaired) electrons. The highest BCUT2D eigenvalue weighted by Crippen LogP contribution is 2.24.